The number of benzene rings is 1. The largest absolute Gasteiger partial charge is 0.485 e. The summed E-state index contributed by atoms with van der Waals surface area (Å²) in [4.78, 5) is 10.8. The molecule has 0 N–H and O–H groups in total. The second kappa shape index (κ2) is 9.91. The van der Waals surface area contributed by atoms with E-state index in [2.05, 4.69) is 20.4 Å². The van der Waals surface area contributed by atoms with E-state index in [-0.39, 0.29) is 5.69 Å². The fourth-order valence-electron chi connectivity index (χ4n) is 3.28. The standard InChI is InChI=1S/C22H23N7O4S/c1-14-7-5-6-8-20(14)32-12-19-10-9-18(33-19)11-23-28-17(4)24-25-22(28)34-13-27-16(3)21(29(30)31)15(2)26-27/h5-11H,12-13H2,1-4H3/b23-11-. The lowest BCUT2D eigenvalue weighted by atomic mass is 10.2. The number of hydrogen-bond donors (Lipinski definition) is 0. The third kappa shape index (κ3) is 5.01. The van der Waals surface area contributed by atoms with Gasteiger partial charge in [-0.3, -0.25) is 14.8 Å². The third-order valence-corrected chi connectivity index (χ3v) is 5.94. The molecule has 12 heteroatoms. The molecule has 0 spiro atoms. The Kier molecular flexibility index (Phi) is 6.77. The molecule has 0 atom stereocenters. The van der Waals surface area contributed by atoms with Crippen molar-refractivity contribution in [3.8, 4) is 5.75 Å². The molecule has 4 rings (SSSR count). The molecule has 0 aliphatic rings. The first kappa shape index (κ1) is 23.2. The number of hydrogen-bond acceptors (Lipinski definition) is 9. The Morgan fingerprint density at radius 3 is 2.71 bits per heavy atom. The molecule has 0 radical (unpaired) electrons. The fourth-order valence-corrected chi connectivity index (χ4v) is 4.17. The maximum absolute atomic E-state index is 11.2. The van der Waals surface area contributed by atoms with Gasteiger partial charge in [0.1, 0.15) is 35.3 Å². The summed E-state index contributed by atoms with van der Waals surface area (Å²) >= 11 is 1.32. The van der Waals surface area contributed by atoms with Crippen molar-refractivity contribution >= 4 is 23.7 Å². The van der Waals surface area contributed by atoms with E-state index in [1.165, 1.54) is 11.8 Å². The number of aromatic nitrogens is 5. The minimum atomic E-state index is -0.417. The van der Waals surface area contributed by atoms with Gasteiger partial charge in [0, 0.05) is 0 Å². The zero-order chi connectivity index (χ0) is 24.2. The van der Waals surface area contributed by atoms with Crippen LogP contribution in [0.15, 0.2) is 51.1 Å². The Hall–Kier alpha value is -3.93. The van der Waals surface area contributed by atoms with E-state index in [1.54, 1.807) is 36.3 Å². The molecule has 0 unspecified atom stereocenters. The number of para-hydroxylation sites is 1. The average Bonchev–Trinajstić information content (AvgIpc) is 3.47. The molecule has 11 nitrogen and oxygen atoms in total. The van der Waals surface area contributed by atoms with Crippen molar-refractivity contribution in [1.29, 1.82) is 0 Å². The molecule has 1 aromatic carbocycles. The molecule has 0 fully saturated rings. The Labute approximate surface area is 199 Å². The molecule has 0 saturated carbocycles. The van der Waals surface area contributed by atoms with E-state index in [0.717, 1.165) is 11.3 Å². The van der Waals surface area contributed by atoms with Crippen LogP contribution in [0.25, 0.3) is 0 Å². The fraction of sp³-hybridized carbons (Fsp3) is 0.273. The number of ether oxygens (including phenoxy) is 1. The Morgan fingerprint density at radius 1 is 1.18 bits per heavy atom. The van der Waals surface area contributed by atoms with Gasteiger partial charge >= 0.3 is 5.69 Å². The Bertz CT molecular complexity index is 1360. The number of furan rings is 1. The minimum absolute atomic E-state index is 0.0243. The highest BCUT2D eigenvalue weighted by molar-refractivity contribution is 7.98. The summed E-state index contributed by atoms with van der Waals surface area (Å²) in [6, 6.07) is 11.4. The van der Waals surface area contributed by atoms with Crippen LogP contribution >= 0.6 is 11.8 Å². The highest BCUT2D eigenvalue weighted by atomic mass is 32.2. The predicted octanol–water partition coefficient (Wildman–Crippen LogP) is 4.42. The van der Waals surface area contributed by atoms with Crippen LogP contribution in [0.4, 0.5) is 5.69 Å². The minimum Gasteiger partial charge on any atom is -0.485 e. The molecule has 0 bridgehead atoms. The number of rotatable bonds is 9. The van der Waals surface area contributed by atoms with Crippen LogP contribution in [0.5, 0.6) is 5.75 Å². The zero-order valence-corrected chi connectivity index (χ0v) is 19.9. The van der Waals surface area contributed by atoms with Crippen LogP contribution in [-0.2, 0) is 12.5 Å². The van der Waals surface area contributed by atoms with Crippen molar-refractivity contribution < 1.29 is 14.1 Å². The average molecular weight is 482 g/mol. The Balaban J connectivity index is 1.42. The summed E-state index contributed by atoms with van der Waals surface area (Å²) < 4.78 is 14.8. The van der Waals surface area contributed by atoms with Gasteiger partial charge in [0.2, 0.25) is 5.16 Å². The van der Waals surface area contributed by atoms with Crippen LogP contribution in [0, 0.1) is 37.8 Å². The lowest BCUT2D eigenvalue weighted by Crippen LogP contribution is -2.02. The number of nitro groups is 1. The van der Waals surface area contributed by atoms with Crippen LogP contribution in [0.3, 0.4) is 0 Å². The molecule has 0 aliphatic carbocycles. The van der Waals surface area contributed by atoms with E-state index in [4.69, 9.17) is 9.15 Å². The monoisotopic (exact) mass is 481 g/mol. The zero-order valence-electron chi connectivity index (χ0n) is 19.1. The highest BCUT2D eigenvalue weighted by Gasteiger charge is 2.22. The maximum atomic E-state index is 11.2. The van der Waals surface area contributed by atoms with Crippen molar-refractivity contribution in [3.05, 3.63) is 80.8 Å². The first-order valence-corrected chi connectivity index (χ1v) is 11.4. The molecule has 3 aromatic heterocycles. The molecule has 3 heterocycles. The van der Waals surface area contributed by atoms with Crippen LogP contribution < -0.4 is 4.74 Å². The molecular weight excluding hydrogens is 458 g/mol. The molecular formula is C22H23N7O4S. The quantitative estimate of drug-likeness (QED) is 0.149. The van der Waals surface area contributed by atoms with Gasteiger partial charge in [-0.05, 0) is 51.5 Å². The van der Waals surface area contributed by atoms with Crippen molar-refractivity contribution in [2.45, 2.75) is 45.3 Å². The van der Waals surface area contributed by atoms with Gasteiger partial charge in [-0.2, -0.15) is 14.9 Å². The molecule has 176 valence electrons. The Morgan fingerprint density at radius 2 is 1.97 bits per heavy atom. The van der Waals surface area contributed by atoms with E-state index < -0.39 is 4.92 Å². The first-order chi connectivity index (χ1) is 16.3. The van der Waals surface area contributed by atoms with Gasteiger partial charge in [-0.25, -0.2) is 0 Å². The number of aryl methyl sites for hydroxylation is 3. The van der Waals surface area contributed by atoms with Gasteiger partial charge in [0.25, 0.3) is 0 Å². The lowest BCUT2D eigenvalue weighted by molar-refractivity contribution is -0.386. The van der Waals surface area contributed by atoms with Crippen molar-refractivity contribution in [2.75, 3.05) is 0 Å². The summed E-state index contributed by atoms with van der Waals surface area (Å²) in [6.07, 6.45) is 1.58. The highest BCUT2D eigenvalue weighted by Crippen LogP contribution is 2.26. The summed E-state index contributed by atoms with van der Waals surface area (Å²) in [5.74, 6) is 2.96. The second-order valence-corrected chi connectivity index (χ2v) is 8.41. The van der Waals surface area contributed by atoms with Gasteiger partial charge in [0.05, 0.1) is 17.0 Å². The van der Waals surface area contributed by atoms with Gasteiger partial charge in [0.15, 0.2) is 5.82 Å². The summed E-state index contributed by atoms with van der Waals surface area (Å²) in [5, 5.41) is 28.7. The first-order valence-electron chi connectivity index (χ1n) is 10.4. The number of nitrogens with zero attached hydrogens (tertiary/aromatic N) is 7. The van der Waals surface area contributed by atoms with Gasteiger partial charge < -0.3 is 9.15 Å². The normalized spacial score (nSPS) is 11.4. The van der Waals surface area contributed by atoms with Crippen molar-refractivity contribution in [1.82, 2.24) is 24.7 Å². The molecule has 34 heavy (non-hydrogen) atoms. The smallest absolute Gasteiger partial charge is 0.312 e. The molecule has 4 aromatic rings. The third-order valence-electron chi connectivity index (χ3n) is 5.06. The van der Waals surface area contributed by atoms with Crippen LogP contribution in [0.1, 0.15) is 34.3 Å². The lowest BCUT2D eigenvalue weighted by Gasteiger charge is -2.06. The molecule has 0 aliphatic heterocycles. The SMILES string of the molecule is Cc1ccccc1OCc1ccc(/C=N\n2c(C)nnc2SCn2nc(C)c([N+](=O)[O-])c2C)o1. The van der Waals surface area contributed by atoms with Gasteiger partial charge in [-0.15, -0.1) is 10.2 Å². The summed E-state index contributed by atoms with van der Waals surface area (Å²) in [5.41, 5.74) is 1.94. The summed E-state index contributed by atoms with van der Waals surface area (Å²) in [6.45, 7) is 7.37. The number of thioether (sulfide) groups is 1. The van der Waals surface area contributed by atoms with E-state index in [9.17, 15) is 10.1 Å². The maximum Gasteiger partial charge on any atom is 0.312 e. The van der Waals surface area contributed by atoms with E-state index >= 15 is 0 Å². The summed E-state index contributed by atoms with van der Waals surface area (Å²) in [7, 11) is 0. The van der Waals surface area contributed by atoms with Crippen molar-refractivity contribution in [2.24, 2.45) is 5.10 Å². The second-order valence-electron chi connectivity index (χ2n) is 7.49. The van der Waals surface area contributed by atoms with Crippen LogP contribution in [-0.4, -0.2) is 35.8 Å². The molecule has 0 saturated heterocycles. The van der Waals surface area contributed by atoms with Crippen molar-refractivity contribution in [3.63, 3.8) is 0 Å². The van der Waals surface area contributed by atoms with Gasteiger partial charge in [-0.1, -0.05) is 30.0 Å². The van der Waals surface area contributed by atoms with E-state index in [0.29, 0.717) is 46.4 Å². The predicted molar refractivity (Wildman–Crippen MR) is 126 cm³/mol. The topological polar surface area (TPSA) is 126 Å². The van der Waals surface area contributed by atoms with Crippen LogP contribution in [0.2, 0.25) is 0 Å². The van der Waals surface area contributed by atoms with E-state index in [1.807, 2.05) is 43.3 Å². The molecule has 0 amide bonds.